The summed E-state index contributed by atoms with van der Waals surface area (Å²) >= 11 is 0. The molecule has 0 N–H and O–H groups in total. The minimum Gasteiger partial charge on any atom is -2.00 e. The third kappa shape index (κ3) is 236. The van der Waals surface area contributed by atoms with Crippen LogP contribution in [0, 0.1) is 71.2 Å². The summed E-state index contributed by atoms with van der Waals surface area (Å²) in [5.74, 6) is 0. The van der Waals surface area contributed by atoms with Gasteiger partial charge in [-0.15, -0.1) is 0 Å². The zero-order chi connectivity index (χ0) is 0. The molecule has 0 bridgehead atoms. The van der Waals surface area contributed by atoms with Crippen molar-refractivity contribution in [1.29, 1.82) is 0 Å². The largest absolute Gasteiger partial charge is 5.00 e. The van der Waals surface area contributed by atoms with E-state index in [1.54, 1.807) is 0 Å². The molecule has 15 heteroatoms. The van der Waals surface area contributed by atoms with Crippen LogP contribution in [-0.2, 0) is 94.0 Å². The molecule has 0 amide bonds. The summed E-state index contributed by atoms with van der Waals surface area (Å²) in [5, 5.41) is 0. The summed E-state index contributed by atoms with van der Waals surface area (Å²) in [7, 11) is 0. The predicted molar refractivity (Wildman–Crippen MR) is 6.18 cm³/mol. The van der Waals surface area contributed by atoms with Crippen molar-refractivity contribution in [2.45, 2.75) is 0 Å². The Morgan fingerprint density at radius 1 is 0.267 bits per heavy atom. The zero-order valence-corrected chi connectivity index (χ0v) is 21.4. The first kappa shape index (κ1) is 311. The van der Waals surface area contributed by atoms with Crippen molar-refractivity contribution < 1.29 is 203 Å². The van der Waals surface area contributed by atoms with Gasteiger partial charge in [0.25, 0.3) is 0 Å². The van der Waals surface area contributed by atoms with E-state index in [1.165, 1.54) is 0 Å². The van der Waals surface area contributed by atoms with Gasteiger partial charge in [0.05, 0.1) is 0 Å². The van der Waals surface area contributed by atoms with Crippen molar-refractivity contribution in [2.75, 3.05) is 0 Å². The Kier molecular flexibility index (Phi) is 5500. The van der Waals surface area contributed by atoms with Gasteiger partial charge >= 0.3 is 154 Å². The molecular weight excluding hydrogens is 798 g/mol. The van der Waals surface area contributed by atoms with E-state index in [0.717, 1.165) is 0 Å². The first-order chi connectivity index (χ1) is 0. The summed E-state index contributed by atoms with van der Waals surface area (Å²) in [6.45, 7) is 0. The maximum absolute atomic E-state index is 0. The molecular formula is La2Li2O9Ta2. The van der Waals surface area contributed by atoms with Crippen LogP contribution in [0.3, 0.4) is 0 Å². The van der Waals surface area contributed by atoms with E-state index in [-0.39, 0.29) is 203 Å². The van der Waals surface area contributed by atoms with E-state index >= 15 is 0 Å². The maximum atomic E-state index is 0. The predicted octanol–water partition coefficient (Wildman–Crippen LogP) is -7.07. The number of rotatable bonds is 0. The van der Waals surface area contributed by atoms with Crippen molar-refractivity contribution in [3.05, 3.63) is 0 Å². The van der Waals surface area contributed by atoms with Crippen molar-refractivity contribution in [3.8, 4) is 0 Å². The standard InChI is InChI=1S/2La.2Li.9O.2Ta/q2*+3;2*+1;9*-2;2*+5. The number of hydrogen-bond acceptors (Lipinski definition) is 0. The number of hydrogen-bond donors (Lipinski definition) is 0. The van der Waals surface area contributed by atoms with Gasteiger partial charge < -0.3 is 49.3 Å². The molecule has 0 atom stereocenters. The fourth-order valence-electron chi connectivity index (χ4n) is 0. The molecule has 9 nitrogen and oxygen atoms in total. The Bertz CT molecular complexity index is 24.1. The summed E-state index contributed by atoms with van der Waals surface area (Å²) in [4.78, 5) is 0. The van der Waals surface area contributed by atoms with E-state index in [9.17, 15) is 0 Å². The SMILES string of the molecule is [La+3].[La+3].[Li+].[Li+].[O-2].[O-2].[O-2].[O-2].[O-2].[O-2].[O-2].[O-2].[O-2].[Ta+5].[Ta+5]. The second-order valence-electron chi connectivity index (χ2n) is 0. The summed E-state index contributed by atoms with van der Waals surface area (Å²) < 4.78 is 0. The van der Waals surface area contributed by atoms with Crippen LogP contribution in [0.2, 0.25) is 0 Å². The normalized spacial score (nSPS) is 0. The van der Waals surface area contributed by atoms with Crippen LogP contribution in [0.5, 0.6) is 0 Å². The smallest absolute Gasteiger partial charge is 2.00 e. The van der Waals surface area contributed by atoms with Gasteiger partial charge in [-0.1, -0.05) is 0 Å². The van der Waals surface area contributed by atoms with Crippen LogP contribution in [0.4, 0.5) is 0 Å². The average molecular weight is 798 g/mol. The summed E-state index contributed by atoms with van der Waals surface area (Å²) in [6, 6.07) is 0. The molecule has 0 aromatic heterocycles. The second-order valence-corrected chi connectivity index (χ2v) is 0. The topological polar surface area (TPSA) is 256 Å². The monoisotopic (exact) mass is 798 g/mol. The van der Waals surface area contributed by atoms with Crippen molar-refractivity contribution in [2.24, 2.45) is 0 Å². The average Bonchev–Trinajstić information content (AvgIpc) is 0. The Morgan fingerprint density at radius 3 is 0.267 bits per heavy atom. The summed E-state index contributed by atoms with van der Waals surface area (Å²) in [5.41, 5.74) is 0. The molecule has 0 rings (SSSR count). The quantitative estimate of drug-likeness (QED) is 0.207. The molecule has 0 aliphatic carbocycles. The van der Waals surface area contributed by atoms with Gasteiger partial charge in [0.15, 0.2) is 0 Å². The minimum atomic E-state index is 0. The molecule has 0 saturated heterocycles. The maximum Gasteiger partial charge on any atom is 5.00 e. The van der Waals surface area contributed by atoms with Gasteiger partial charge in [0.2, 0.25) is 0 Å². The van der Waals surface area contributed by atoms with Gasteiger partial charge in [-0.25, -0.2) is 0 Å². The van der Waals surface area contributed by atoms with Crippen LogP contribution < -0.4 is 37.7 Å². The molecule has 0 radical (unpaired) electrons. The molecule has 0 unspecified atom stereocenters. The fourth-order valence-corrected chi connectivity index (χ4v) is 0. The Morgan fingerprint density at radius 2 is 0.267 bits per heavy atom. The molecule has 0 aliphatic heterocycles. The molecule has 0 aromatic rings. The molecule has 15 heavy (non-hydrogen) atoms. The molecule has 0 fully saturated rings. The van der Waals surface area contributed by atoms with Gasteiger partial charge in [0, 0.05) is 0 Å². The van der Waals surface area contributed by atoms with Gasteiger partial charge in [-0.05, 0) is 0 Å². The van der Waals surface area contributed by atoms with Crippen LogP contribution in [-0.4, -0.2) is 0 Å². The molecule has 0 spiro atoms. The summed E-state index contributed by atoms with van der Waals surface area (Å²) in [6.07, 6.45) is 0. The van der Waals surface area contributed by atoms with Crippen molar-refractivity contribution in [1.82, 2.24) is 0 Å². The van der Waals surface area contributed by atoms with Crippen LogP contribution >= 0.6 is 0 Å². The van der Waals surface area contributed by atoms with E-state index in [1.807, 2.05) is 0 Å². The van der Waals surface area contributed by atoms with Gasteiger partial charge in [-0.2, -0.15) is 0 Å². The molecule has 0 aromatic carbocycles. The molecule has 0 aliphatic rings. The van der Waals surface area contributed by atoms with Gasteiger partial charge in [0.1, 0.15) is 0 Å². The molecule has 72 valence electrons. The fraction of sp³-hybridized carbons (Fsp3) is 0. The van der Waals surface area contributed by atoms with Crippen molar-refractivity contribution >= 4 is 0 Å². The third-order valence-electron chi connectivity index (χ3n) is 0. The molecule has 0 heterocycles. The van der Waals surface area contributed by atoms with E-state index in [4.69, 9.17) is 0 Å². The third-order valence-corrected chi connectivity index (χ3v) is 0. The van der Waals surface area contributed by atoms with Crippen LogP contribution in [0.15, 0.2) is 0 Å². The minimum absolute atomic E-state index is 0. The van der Waals surface area contributed by atoms with Crippen molar-refractivity contribution in [3.63, 3.8) is 0 Å². The molecule has 0 saturated carbocycles. The first-order valence-corrected chi connectivity index (χ1v) is 0. The zero-order valence-electron chi connectivity index (χ0n) is 7.72. The Labute approximate surface area is 199 Å². The van der Waals surface area contributed by atoms with Crippen LogP contribution in [0.25, 0.3) is 0 Å². The van der Waals surface area contributed by atoms with E-state index < -0.39 is 0 Å². The van der Waals surface area contributed by atoms with E-state index in [2.05, 4.69) is 0 Å². The van der Waals surface area contributed by atoms with Gasteiger partial charge in [-0.3, -0.25) is 0 Å². The Balaban J connectivity index is 0. The van der Waals surface area contributed by atoms with Crippen LogP contribution in [0.1, 0.15) is 0 Å². The Hall–Kier alpha value is 4.70. The van der Waals surface area contributed by atoms with E-state index in [0.29, 0.717) is 0 Å². The second kappa shape index (κ2) is 265. The first-order valence-electron chi connectivity index (χ1n) is 0.